The Morgan fingerprint density at radius 1 is 1.16 bits per heavy atom. The number of rotatable bonds is 5. The van der Waals surface area contributed by atoms with Crippen LogP contribution in [-0.4, -0.2) is 10.5 Å². The molecule has 130 valence electrons. The van der Waals surface area contributed by atoms with E-state index in [1.807, 2.05) is 18.2 Å². The molecule has 1 aromatic heterocycles. The molecular weight excluding hydrogens is 316 g/mol. The Kier molecular flexibility index (Phi) is 4.74. The Morgan fingerprint density at radius 3 is 2.56 bits per heavy atom. The highest BCUT2D eigenvalue weighted by molar-refractivity contribution is 5.93. The van der Waals surface area contributed by atoms with Gasteiger partial charge in [0.25, 0.3) is 0 Å². The molecule has 3 rings (SSSR count). The lowest BCUT2D eigenvalue weighted by Gasteiger charge is -2.21. The summed E-state index contributed by atoms with van der Waals surface area (Å²) in [6.07, 6.45) is 0.401. The zero-order valence-corrected chi connectivity index (χ0v) is 14.7. The van der Waals surface area contributed by atoms with E-state index in [0.717, 1.165) is 5.56 Å². The van der Waals surface area contributed by atoms with Crippen LogP contribution in [0.2, 0.25) is 0 Å². The van der Waals surface area contributed by atoms with Gasteiger partial charge in [-0.05, 0) is 29.5 Å². The standard InChI is InChI=1S/C20H22N2O3/c1-13(2)16(14-7-5-4-6-8-14)12-19(23)21-15-9-10-17-18(11-15)25-20(24)22(17)3/h4-11,13,16H,12H2,1-3H3,(H,21,23). The zero-order valence-electron chi connectivity index (χ0n) is 14.7. The lowest BCUT2D eigenvalue weighted by Crippen LogP contribution is -2.18. The van der Waals surface area contributed by atoms with E-state index >= 15 is 0 Å². The Bertz CT molecular complexity index is 938. The van der Waals surface area contributed by atoms with Crippen molar-refractivity contribution in [3.8, 4) is 0 Å². The molecule has 5 nitrogen and oxygen atoms in total. The lowest BCUT2D eigenvalue weighted by atomic mass is 9.85. The van der Waals surface area contributed by atoms with Gasteiger partial charge in [-0.2, -0.15) is 0 Å². The van der Waals surface area contributed by atoms with Gasteiger partial charge in [0.2, 0.25) is 5.91 Å². The molecule has 1 heterocycles. The van der Waals surface area contributed by atoms with Crippen LogP contribution in [0.1, 0.15) is 31.7 Å². The number of nitrogens with one attached hydrogen (secondary N) is 1. The number of amides is 1. The minimum atomic E-state index is -0.414. The third-order valence-electron chi connectivity index (χ3n) is 4.51. The van der Waals surface area contributed by atoms with E-state index in [4.69, 9.17) is 4.42 Å². The van der Waals surface area contributed by atoms with E-state index in [1.54, 1.807) is 25.2 Å². The fraction of sp³-hybridized carbons (Fsp3) is 0.300. The van der Waals surface area contributed by atoms with Gasteiger partial charge in [-0.1, -0.05) is 44.2 Å². The summed E-state index contributed by atoms with van der Waals surface area (Å²) in [7, 11) is 1.65. The molecule has 0 aliphatic carbocycles. The van der Waals surface area contributed by atoms with Crippen molar-refractivity contribution < 1.29 is 9.21 Å². The molecule has 25 heavy (non-hydrogen) atoms. The van der Waals surface area contributed by atoms with E-state index in [1.165, 1.54) is 4.57 Å². The fourth-order valence-electron chi connectivity index (χ4n) is 3.06. The predicted octanol–water partition coefficient (Wildman–Crippen LogP) is 3.90. The summed E-state index contributed by atoms with van der Waals surface area (Å²) in [4.78, 5) is 24.1. The van der Waals surface area contributed by atoms with Crippen molar-refractivity contribution >= 4 is 22.7 Å². The van der Waals surface area contributed by atoms with Crippen molar-refractivity contribution in [2.75, 3.05) is 5.32 Å². The molecule has 0 spiro atoms. The number of aromatic nitrogens is 1. The number of fused-ring (bicyclic) bond motifs is 1. The van der Waals surface area contributed by atoms with Gasteiger partial charge in [0.1, 0.15) is 0 Å². The summed E-state index contributed by atoms with van der Waals surface area (Å²) in [5.41, 5.74) is 2.96. The highest BCUT2D eigenvalue weighted by Crippen LogP contribution is 2.28. The van der Waals surface area contributed by atoms with E-state index in [0.29, 0.717) is 29.1 Å². The van der Waals surface area contributed by atoms with Gasteiger partial charge in [0.15, 0.2) is 5.58 Å². The van der Waals surface area contributed by atoms with E-state index in [2.05, 4.69) is 31.3 Å². The van der Waals surface area contributed by atoms with Gasteiger partial charge in [-0.3, -0.25) is 9.36 Å². The number of oxazole rings is 1. The number of hydrogen-bond acceptors (Lipinski definition) is 3. The SMILES string of the molecule is CC(C)C(CC(=O)Nc1ccc2c(c1)oc(=O)n2C)c1ccccc1. The highest BCUT2D eigenvalue weighted by Gasteiger charge is 2.19. The van der Waals surface area contributed by atoms with Crippen LogP contribution in [0.4, 0.5) is 5.69 Å². The summed E-state index contributed by atoms with van der Waals surface area (Å²) < 4.78 is 6.60. The van der Waals surface area contributed by atoms with Crippen molar-refractivity contribution in [2.24, 2.45) is 13.0 Å². The number of carbonyl (C=O) groups excluding carboxylic acids is 1. The number of carbonyl (C=O) groups is 1. The Balaban J connectivity index is 1.76. The molecule has 0 bridgehead atoms. The summed E-state index contributed by atoms with van der Waals surface area (Å²) in [5.74, 6) is 0.0324. The van der Waals surface area contributed by atoms with Crippen molar-refractivity contribution in [1.82, 2.24) is 4.57 Å². The van der Waals surface area contributed by atoms with Gasteiger partial charge in [0, 0.05) is 25.2 Å². The average molecular weight is 338 g/mol. The van der Waals surface area contributed by atoms with Crippen LogP contribution in [0, 0.1) is 5.92 Å². The normalized spacial score (nSPS) is 12.5. The third kappa shape index (κ3) is 3.65. The summed E-state index contributed by atoms with van der Waals surface area (Å²) in [5, 5.41) is 2.91. The molecule has 5 heteroatoms. The first-order valence-electron chi connectivity index (χ1n) is 8.40. The van der Waals surface area contributed by atoms with Crippen molar-refractivity contribution in [2.45, 2.75) is 26.2 Å². The number of aryl methyl sites for hydroxylation is 1. The molecule has 3 aromatic rings. The molecule has 1 N–H and O–H groups in total. The summed E-state index contributed by atoms with van der Waals surface area (Å²) in [6.45, 7) is 4.24. The minimum Gasteiger partial charge on any atom is -0.408 e. The van der Waals surface area contributed by atoms with Crippen molar-refractivity contribution in [3.63, 3.8) is 0 Å². The van der Waals surface area contributed by atoms with Crippen molar-refractivity contribution in [3.05, 3.63) is 64.6 Å². The lowest BCUT2D eigenvalue weighted by molar-refractivity contribution is -0.116. The van der Waals surface area contributed by atoms with Gasteiger partial charge in [-0.15, -0.1) is 0 Å². The first-order valence-corrected chi connectivity index (χ1v) is 8.40. The molecule has 1 amide bonds. The van der Waals surface area contributed by atoms with E-state index in [-0.39, 0.29) is 11.8 Å². The summed E-state index contributed by atoms with van der Waals surface area (Å²) >= 11 is 0. The molecule has 0 fully saturated rings. The van der Waals surface area contributed by atoms with Crippen LogP contribution in [-0.2, 0) is 11.8 Å². The van der Waals surface area contributed by atoms with Crippen LogP contribution in [0.5, 0.6) is 0 Å². The number of benzene rings is 2. The maximum absolute atomic E-state index is 12.5. The highest BCUT2D eigenvalue weighted by atomic mass is 16.4. The molecule has 0 aliphatic rings. The van der Waals surface area contributed by atoms with Crippen LogP contribution in [0.15, 0.2) is 57.7 Å². The van der Waals surface area contributed by atoms with Gasteiger partial charge in [0.05, 0.1) is 5.52 Å². The molecule has 0 saturated heterocycles. The number of hydrogen-bond donors (Lipinski definition) is 1. The second-order valence-electron chi connectivity index (χ2n) is 6.62. The molecule has 0 aliphatic heterocycles. The maximum atomic E-state index is 12.5. The molecule has 0 saturated carbocycles. The molecule has 2 aromatic carbocycles. The van der Waals surface area contributed by atoms with Crippen LogP contribution in [0.25, 0.3) is 11.1 Å². The van der Waals surface area contributed by atoms with Crippen molar-refractivity contribution in [1.29, 1.82) is 0 Å². The maximum Gasteiger partial charge on any atom is 0.419 e. The van der Waals surface area contributed by atoms with Crippen LogP contribution >= 0.6 is 0 Å². The monoisotopic (exact) mass is 338 g/mol. The van der Waals surface area contributed by atoms with Crippen LogP contribution < -0.4 is 11.1 Å². The second-order valence-corrected chi connectivity index (χ2v) is 6.62. The number of anilines is 1. The Hall–Kier alpha value is -2.82. The quantitative estimate of drug-likeness (QED) is 0.767. The molecule has 1 unspecified atom stereocenters. The summed E-state index contributed by atoms with van der Waals surface area (Å²) in [6, 6.07) is 15.3. The fourth-order valence-corrected chi connectivity index (χ4v) is 3.06. The Morgan fingerprint density at radius 2 is 1.88 bits per heavy atom. The van der Waals surface area contributed by atoms with Gasteiger partial charge < -0.3 is 9.73 Å². The topological polar surface area (TPSA) is 64.2 Å². The number of nitrogens with zero attached hydrogens (tertiary/aromatic N) is 1. The predicted molar refractivity (Wildman–Crippen MR) is 98.7 cm³/mol. The molecule has 0 radical (unpaired) electrons. The van der Waals surface area contributed by atoms with E-state index < -0.39 is 5.76 Å². The average Bonchev–Trinajstić information content (AvgIpc) is 2.87. The first kappa shape index (κ1) is 17.0. The second kappa shape index (κ2) is 6.97. The minimum absolute atomic E-state index is 0.0554. The van der Waals surface area contributed by atoms with Crippen LogP contribution in [0.3, 0.4) is 0 Å². The largest absolute Gasteiger partial charge is 0.419 e. The Labute approximate surface area is 146 Å². The van der Waals surface area contributed by atoms with Gasteiger partial charge in [-0.25, -0.2) is 4.79 Å². The van der Waals surface area contributed by atoms with E-state index in [9.17, 15) is 9.59 Å². The molecular formula is C20H22N2O3. The smallest absolute Gasteiger partial charge is 0.408 e. The first-order chi connectivity index (χ1) is 12.0. The zero-order chi connectivity index (χ0) is 18.0. The molecule has 1 atom stereocenters. The third-order valence-corrected chi connectivity index (χ3v) is 4.51. The van der Waals surface area contributed by atoms with Gasteiger partial charge >= 0.3 is 5.76 Å².